The van der Waals surface area contributed by atoms with Gasteiger partial charge in [-0.3, -0.25) is 14.5 Å². The standard InChI is InChI=1S/C25H16Cl3N3O2S/c26-19-9-5-4-6-15(19)12-22-24(33)31(17-7-2-1-3-8-17)25(34-22)18(14-29)23(32)30-16-10-11-20(27)21(28)13-16/h1-11,13,22H,12H2,(H,30,32). The van der Waals surface area contributed by atoms with Crippen molar-refractivity contribution in [2.75, 3.05) is 10.2 Å². The molecule has 2 amide bonds. The number of hydrogen-bond donors (Lipinski definition) is 1. The molecule has 34 heavy (non-hydrogen) atoms. The fourth-order valence-corrected chi connectivity index (χ4v) is 5.24. The predicted octanol–water partition coefficient (Wildman–Crippen LogP) is 6.71. The maximum absolute atomic E-state index is 13.5. The Morgan fingerprint density at radius 1 is 0.971 bits per heavy atom. The highest BCUT2D eigenvalue weighted by atomic mass is 35.5. The maximum atomic E-state index is 13.5. The number of nitrogens with zero attached hydrogens (tertiary/aromatic N) is 2. The molecule has 0 radical (unpaired) electrons. The topological polar surface area (TPSA) is 73.2 Å². The van der Waals surface area contributed by atoms with Crippen LogP contribution in [-0.4, -0.2) is 17.1 Å². The molecule has 3 aromatic rings. The number of rotatable bonds is 5. The number of anilines is 2. The Hall–Kier alpha value is -2.95. The van der Waals surface area contributed by atoms with Crippen molar-refractivity contribution in [3.05, 3.63) is 104 Å². The van der Waals surface area contributed by atoms with Crippen molar-refractivity contribution in [3.8, 4) is 6.07 Å². The molecule has 0 bridgehead atoms. The zero-order valence-corrected chi connectivity index (χ0v) is 20.6. The lowest BCUT2D eigenvalue weighted by Gasteiger charge is -2.18. The second-order valence-corrected chi connectivity index (χ2v) is 9.70. The Morgan fingerprint density at radius 2 is 1.68 bits per heavy atom. The molecule has 1 aliphatic heterocycles. The van der Waals surface area contributed by atoms with Crippen LogP contribution in [-0.2, 0) is 16.0 Å². The molecule has 170 valence electrons. The SMILES string of the molecule is N#CC(C(=O)Nc1ccc(Cl)c(Cl)c1)=C1SC(Cc2ccccc2Cl)C(=O)N1c1ccccc1. The number of benzene rings is 3. The van der Waals surface area contributed by atoms with Gasteiger partial charge in [0.2, 0.25) is 5.91 Å². The van der Waals surface area contributed by atoms with Crippen LogP contribution in [0, 0.1) is 11.3 Å². The van der Waals surface area contributed by atoms with Gasteiger partial charge in [0, 0.05) is 16.4 Å². The van der Waals surface area contributed by atoms with Gasteiger partial charge in [0.05, 0.1) is 15.3 Å². The minimum Gasteiger partial charge on any atom is -0.321 e. The van der Waals surface area contributed by atoms with Crippen molar-refractivity contribution in [1.82, 2.24) is 0 Å². The summed E-state index contributed by atoms with van der Waals surface area (Å²) >= 11 is 19.5. The van der Waals surface area contributed by atoms with Gasteiger partial charge in [-0.15, -0.1) is 0 Å². The molecule has 3 aromatic carbocycles. The number of carbonyl (C=O) groups excluding carboxylic acids is 2. The number of nitrogens with one attached hydrogen (secondary N) is 1. The van der Waals surface area contributed by atoms with Crippen LogP contribution in [0.2, 0.25) is 15.1 Å². The number of para-hydroxylation sites is 1. The summed E-state index contributed by atoms with van der Waals surface area (Å²) in [6, 6.07) is 22.8. The molecule has 1 atom stereocenters. The summed E-state index contributed by atoms with van der Waals surface area (Å²) in [5.41, 5.74) is 1.56. The van der Waals surface area contributed by atoms with E-state index in [9.17, 15) is 14.9 Å². The second kappa shape index (κ2) is 10.5. The average molecular weight is 529 g/mol. The lowest BCUT2D eigenvalue weighted by Crippen LogP contribution is -2.30. The largest absolute Gasteiger partial charge is 0.321 e. The quantitative estimate of drug-likeness (QED) is 0.295. The lowest BCUT2D eigenvalue weighted by molar-refractivity contribution is -0.117. The highest BCUT2D eigenvalue weighted by Gasteiger charge is 2.41. The number of thioether (sulfide) groups is 1. The molecule has 4 rings (SSSR count). The van der Waals surface area contributed by atoms with Gasteiger partial charge >= 0.3 is 0 Å². The fraction of sp³-hybridized carbons (Fsp3) is 0.0800. The molecular formula is C25H16Cl3N3O2S. The van der Waals surface area contributed by atoms with Crippen LogP contribution >= 0.6 is 46.6 Å². The summed E-state index contributed by atoms with van der Waals surface area (Å²) < 4.78 is 0. The van der Waals surface area contributed by atoms with Crippen molar-refractivity contribution >= 4 is 69.8 Å². The number of carbonyl (C=O) groups is 2. The Labute approximate surface area is 215 Å². The van der Waals surface area contributed by atoms with Gasteiger partial charge in [-0.1, -0.05) is 83.0 Å². The van der Waals surface area contributed by atoms with Crippen LogP contribution in [0.1, 0.15) is 5.56 Å². The zero-order chi connectivity index (χ0) is 24.2. The molecule has 1 aliphatic rings. The van der Waals surface area contributed by atoms with E-state index in [2.05, 4.69) is 5.32 Å². The number of nitriles is 1. The van der Waals surface area contributed by atoms with Gasteiger partial charge in [0.15, 0.2) is 0 Å². The van der Waals surface area contributed by atoms with E-state index in [4.69, 9.17) is 34.8 Å². The summed E-state index contributed by atoms with van der Waals surface area (Å²) in [4.78, 5) is 28.0. The molecule has 0 saturated carbocycles. The van der Waals surface area contributed by atoms with E-state index in [1.807, 2.05) is 30.3 Å². The van der Waals surface area contributed by atoms with Gasteiger partial charge in [0.25, 0.3) is 5.91 Å². The van der Waals surface area contributed by atoms with E-state index in [0.717, 1.165) is 5.56 Å². The van der Waals surface area contributed by atoms with Crippen LogP contribution in [0.4, 0.5) is 11.4 Å². The van der Waals surface area contributed by atoms with Crippen LogP contribution < -0.4 is 10.2 Å². The minimum atomic E-state index is -0.657. The van der Waals surface area contributed by atoms with E-state index < -0.39 is 11.2 Å². The van der Waals surface area contributed by atoms with E-state index in [1.165, 1.54) is 22.7 Å². The number of hydrogen-bond acceptors (Lipinski definition) is 4. The minimum absolute atomic E-state index is 0.185. The fourth-order valence-electron chi connectivity index (χ4n) is 3.43. The summed E-state index contributed by atoms with van der Waals surface area (Å²) in [5, 5.41) is 13.4. The van der Waals surface area contributed by atoms with Gasteiger partial charge in [-0.25, -0.2) is 0 Å². The predicted molar refractivity (Wildman–Crippen MR) is 138 cm³/mol. The molecule has 9 heteroatoms. The maximum Gasteiger partial charge on any atom is 0.269 e. The summed E-state index contributed by atoms with van der Waals surface area (Å²) in [6.45, 7) is 0. The van der Waals surface area contributed by atoms with Gasteiger partial charge in [0.1, 0.15) is 16.7 Å². The molecule has 0 spiro atoms. The van der Waals surface area contributed by atoms with E-state index in [1.54, 1.807) is 42.5 Å². The molecule has 0 aromatic heterocycles. The third kappa shape index (κ3) is 5.08. The molecule has 1 saturated heterocycles. The van der Waals surface area contributed by atoms with Crippen molar-refractivity contribution < 1.29 is 9.59 Å². The summed E-state index contributed by atoms with van der Waals surface area (Å²) in [6.07, 6.45) is 0.350. The van der Waals surface area contributed by atoms with Crippen molar-refractivity contribution in [3.63, 3.8) is 0 Å². The Balaban J connectivity index is 1.72. The Kier molecular flexibility index (Phi) is 7.50. The summed E-state index contributed by atoms with van der Waals surface area (Å²) in [5.74, 6) is -0.892. The van der Waals surface area contributed by atoms with Gasteiger partial charge in [-0.05, 0) is 48.4 Å². The average Bonchev–Trinajstić information content (AvgIpc) is 3.14. The van der Waals surface area contributed by atoms with Crippen LogP contribution in [0.15, 0.2) is 83.4 Å². The highest BCUT2D eigenvalue weighted by Crippen LogP contribution is 2.42. The summed E-state index contributed by atoms with van der Waals surface area (Å²) in [7, 11) is 0. The molecule has 1 fully saturated rings. The third-order valence-electron chi connectivity index (χ3n) is 5.06. The van der Waals surface area contributed by atoms with Gasteiger partial charge in [-0.2, -0.15) is 5.26 Å². The molecule has 0 aliphatic carbocycles. The lowest BCUT2D eigenvalue weighted by atomic mass is 10.1. The van der Waals surface area contributed by atoms with Crippen LogP contribution in [0.5, 0.6) is 0 Å². The first-order valence-electron chi connectivity index (χ1n) is 10.1. The van der Waals surface area contributed by atoms with Gasteiger partial charge < -0.3 is 5.32 Å². The van der Waals surface area contributed by atoms with Crippen molar-refractivity contribution in [2.24, 2.45) is 0 Å². The Morgan fingerprint density at radius 3 is 2.35 bits per heavy atom. The number of halogens is 3. The van der Waals surface area contributed by atoms with Crippen LogP contribution in [0.25, 0.3) is 0 Å². The normalized spacial score (nSPS) is 16.8. The third-order valence-corrected chi connectivity index (χ3v) is 7.43. The molecule has 1 unspecified atom stereocenters. The first-order valence-corrected chi connectivity index (χ1v) is 12.1. The zero-order valence-electron chi connectivity index (χ0n) is 17.5. The first-order chi connectivity index (χ1) is 16.4. The second-order valence-electron chi connectivity index (χ2n) is 7.29. The number of amides is 2. The Bertz CT molecular complexity index is 1340. The monoisotopic (exact) mass is 527 g/mol. The van der Waals surface area contributed by atoms with E-state index in [-0.39, 0.29) is 21.5 Å². The van der Waals surface area contributed by atoms with E-state index in [0.29, 0.717) is 27.8 Å². The molecular weight excluding hydrogens is 513 g/mol. The van der Waals surface area contributed by atoms with E-state index >= 15 is 0 Å². The van der Waals surface area contributed by atoms with Crippen molar-refractivity contribution in [1.29, 1.82) is 5.26 Å². The molecule has 1 heterocycles. The molecule has 5 nitrogen and oxygen atoms in total. The first kappa shape index (κ1) is 24.2. The smallest absolute Gasteiger partial charge is 0.269 e. The highest BCUT2D eigenvalue weighted by molar-refractivity contribution is 8.05. The molecule has 1 N–H and O–H groups in total. The van der Waals surface area contributed by atoms with Crippen LogP contribution in [0.3, 0.4) is 0 Å². The van der Waals surface area contributed by atoms with Crippen molar-refractivity contribution in [2.45, 2.75) is 11.7 Å².